The van der Waals surface area contributed by atoms with Crippen molar-refractivity contribution in [3.8, 4) is 21.9 Å². The van der Waals surface area contributed by atoms with Gasteiger partial charge in [0.15, 0.2) is 11.5 Å². The lowest BCUT2D eigenvalue weighted by Gasteiger charge is -2.01. The molecule has 0 bridgehead atoms. The Balaban J connectivity index is 1.78. The zero-order valence-corrected chi connectivity index (χ0v) is 14.5. The minimum absolute atomic E-state index is 0.0375. The highest BCUT2D eigenvalue weighted by Gasteiger charge is 2.04. The fraction of sp³-hybridized carbons (Fsp3) is 0. The minimum Gasteiger partial charge on any atom is -0.504 e. The molecule has 24 heavy (non-hydrogen) atoms. The van der Waals surface area contributed by atoms with Crippen LogP contribution in [0.4, 0.5) is 11.4 Å². The van der Waals surface area contributed by atoms with E-state index in [0.29, 0.717) is 11.4 Å². The third-order valence-electron chi connectivity index (χ3n) is 3.01. The number of carbonyl (C=O) groups excluding carboxylic acids is 1. The predicted octanol–water partition coefficient (Wildman–Crippen LogP) is 5.86. The molecule has 0 aliphatic rings. The van der Waals surface area contributed by atoms with Crippen molar-refractivity contribution in [3.63, 3.8) is 0 Å². The van der Waals surface area contributed by atoms with Crippen LogP contribution in [-0.2, 0) is 4.79 Å². The maximum atomic E-state index is 10.4. The summed E-state index contributed by atoms with van der Waals surface area (Å²) in [6.07, 6.45) is 0. The van der Waals surface area contributed by atoms with Gasteiger partial charge in [0, 0.05) is 10.9 Å². The third kappa shape index (κ3) is 3.91. The SMILES string of the molecule is O=COc1cc(N=Nc2ccc(-c3cc(=S)ss3)cc2)ccc1O. The van der Waals surface area contributed by atoms with E-state index in [9.17, 15) is 9.90 Å². The van der Waals surface area contributed by atoms with Gasteiger partial charge in [0.1, 0.15) is 3.82 Å². The molecular weight excluding hydrogens is 364 g/mol. The highest BCUT2D eigenvalue weighted by atomic mass is 32.9. The van der Waals surface area contributed by atoms with E-state index in [-0.39, 0.29) is 18.0 Å². The van der Waals surface area contributed by atoms with Crippen molar-refractivity contribution in [1.29, 1.82) is 0 Å². The van der Waals surface area contributed by atoms with Crippen LogP contribution in [0.25, 0.3) is 10.4 Å². The number of nitrogens with zero attached hydrogens (tertiary/aromatic N) is 2. The summed E-state index contributed by atoms with van der Waals surface area (Å²) in [6, 6.07) is 14.0. The van der Waals surface area contributed by atoms with Crippen molar-refractivity contribution < 1.29 is 14.6 Å². The molecule has 1 aromatic heterocycles. The Labute approximate surface area is 149 Å². The summed E-state index contributed by atoms with van der Waals surface area (Å²) in [7, 11) is 3.22. The molecule has 120 valence electrons. The normalized spacial score (nSPS) is 10.8. The van der Waals surface area contributed by atoms with Crippen LogP contribution in [0.1, 0.15) is 0 Å². The first-order valence-electron chi connectivity index (χ1n) is 6.71. The van der Waals surface area contributed by atoms with Gasteiger partial charge in [-0.1, -0.05) is 45.0 Å². The van der Waals surface area contributed by atoms with Gasteiger partial charge in [-0.05, 0) is 35.9 Å². The summed E-state index contributed by atoms with van der Waals surface area (Å²) in [5, 5.41) is 17.7. The summed E-state index contributed by atoms with van der Waals surface area (Å²) in [6.45, 7) is 0.244. The molecule has 3 aromatic rings. The van der Waals surface area contributed by atoms with Crippen LogP contribution in [0.15, 0.2) is 58.8 Å². The van der Waals surface area contributed by atoms with Crippen molar-refractivity contribution >= 4 is 50.7 Å². The Morgan fingerprint density at radius 1 is 1.00 bits per heavy atom. The van der Waals surface area contributed by atoms with Crippen LogP contribution in [-0.4, -0.2) is 11.6 Å². The number of carbonyl (C=O) groups is 1. The number of aromatic hydroxyl groups is 1. The lowest BCUT2D eigenvalue weighted by molar-refractivity contribution is -0.120. The first-order chi connectivity index (χ1) is 11.7. The molecule has 0 aliphatic carbocycles. The Morgan fingerprint density at radius 3 is 2.38 bits per heavy atom. The Morgan fingerprint density at radius 2 is 1.71 bits per heavy atom. The quantitative estimate of drug-likeness (QED) is 0.263. The van der Waals surface area contributed by atoms with Crippen LogP contribution < -0.4 is 4.74 Å². The van der Waals surface area contributed by atoms with E-state index in [0.717, 1.165) is 14.3 Å². The van der Waals surface area contributed by atoms with Gasteiger partial charge in [0.25, 0.3) is 6.47 Å². The number of rotatable bonds is 5. The summed E-state index contributed by atoms with van der Waals surface area (Å²) < 4.78 is 5.53. The van der Waals surface area contributed by atoms with Crippen LogP contribution >= 0.6 is 32.9 Å². The van der Waals surface area contributed by atoms with Crippen LogP contribution in [0, 0.1) is 3.82 Å². The third-order valence-corrected chi connectivity index (χ3v) is 5.92. The minimum atomic E-state index is -0.136. The molecule has 1 N–H and O–H groups in total. The number of hydrogen-bond donors (Lipinski definition) is 1. The molecule has 5 nitrogen and oxygen atoms in total. The number of phenols is 1. The van der Waals surface area contributed by atoms with Gasteiger partial charge >= 0.3 is 0 Å². The molecule has 0 atom stereocenters. The molecule has 0 spiro atoms. The van der Waals surface area contributed by atoms with E-state index in [2.05, 4.69) is 15.0 Å². The molecule has 3 rings (SSSR count). The van der Waals surface area contributed by atoms with Crippen LogP contribution in [0.5, 0.6) is 11.5 Å². The topological polar surface area (TPSA) is 71.2 Å². The smallest absolute Gasteiger partial charge is 0.298 e. The fourth-order valence-electron chi connectivity index (χ4n) is 1.89. The maximum Gasteiger partial charge on any atom is 0.298 e. The van der Waals surface area contributed by atoms with E-state index in [4.69, 9.17) is 12.2 Å². The first kappa shape index (κ1) is 16.4. The summed E-state index contributed by atoms with van der Waals surface area (Å²) in [5.41, 5.74) is 2.23. The van der Waals surface area contributed by atoms with Crippen molar-refractivity contribution in [2.24, 2.45) is 10.2 Å². The zero-order valence-electron chi connectivity index (χ0n) is 12.1. The highest BCUT2D eigenvalue weighted by Crippen LogP contribution is 2.32. The van der Waals surface area contributed by atoms with Crippen molar-refractivity contribution in [3.05, 3.63) is 52.4 Å². The molecule has 0 unspecified atom stereocenters. The van der Waals surface area contributed by atoms with Gasteiger partial charge in [-0.3, -0.25) is 4.79 Å². The largest absolute Gasteiger partial charge is 0.504 e. The van der Waals surface area contributed by atoms with E-state index in [1.54, 1.807) is 26.7 Å². The van der Waals surface area contributed by atoms with Gasteiger partial charge < -0.3 is 9.84 Å². The molecule has 8 heteroatoms. The van der Waals surface area contributed by atoms with E-state index >= 15 is 0 Å². The average Bonchev–Trinajstić information content (AvgIpc) is 3.03. The second kappa shape index (κ2) is 7.43. The average molecular weight is 374 g/mol. The molecule has 0 amide bonds. The predicted molar refractivity (Wildman–Crippen MR) is 97.4 cm³/mol. The molecule has 0 saturated heterocycles. The molecule has 0 radical (unpaired) electrons. The first-order valence-corrected chi connectivity index (χ1v) is 9.27. The van der Waals surface area contributed by atoms with Crippen molar-refractivity contribution in [2.45, 2.75) is 0 Å². The van der Waals surface area contributed by atoms with Gasteiger partial charge in [-0.2, -0.15) is 10.2 Å². The second-order valence-electron chi connectivity index (χ2n) is 4.61. The molecule has 1 heterocycles. The number of benzene rings is 2. The Hall–Kier alpha value is -2.42. The van der Waals surface area contributed by atoms with Gasteiger partial charge in [-0.25, -0.2) is 0 Å². The lowest BCUT2D eigenvalue weighted by atomic mass is 10.2. The fourth-order valence-corrected chi connectivity index (χ4v) is 4.29. The number of phenolic OH excluding ortho intramolecular Hbond substituents is 1. The van der Waals surface area contributed by atoms with E-state index < -0.39 is 0 Å². The van der Waals surface area contributed by atoms with Crippen molar-refractivity contribution in [1.82, 2.24) is 0 Å². The summed E-state index contributed by atoms with van der Waals surface area (Å²) in [4.78, 5) is 11.5. The summed E-state index contributed by atoms with van der Waals surface area (Å²) in [5.74, 6) is -0.0982. The second-order valence-corrected chi connectivity index (χ2v) is 7.52. The van der Waals surface area contributed by atoms with Gasteiger partial charge in [-0.15, -0.1) is 0 Å². The maximum absolute atomic E-state index is 10.4. The highest BCUT2D eigenvalue weighted by molar-refractivity contribution is 7.80. The number of azo groups is 1. The Bertz CT molecular complexity index is 946. The molecule has 0 aliphatic heterocycles. The molecule has 0 saturated carbocycles. The standard InChI is InChI=1S/C16H10N2O3S3/c19-9-21-14-7-12(5-6-13(14)20)18-17-11-3-1-10(2-4-11)15-8-16(22)24-23-15/h1-9,20H. The lowest BCUT2D eigenvalue weighted by Crippen LogP contribution is -1.88. The van der Waals surface area contributed by atoms with Crippen molar-refractivity contribution in [2.75, 3.05) is 0 Å². The van der Waals surface area contributed by atoms with Crippen LogP contribution in [0.2, 0.25) is 0 Å². The van der Waals surface area contributed by atoms with E-state index in [1.807, 2.05) is 30.3 Å². The molecular formula is C16H10N2O3S3. The monoisotopic (exact) mass is 374 g/mol. The van der Waals surface area contributed by atoms with Gasteiger partial charge in [0.05, 0.1) is 11.4 Å². The van der Waals surface area contributed by atoms with Crippen LogP contribution in [0.3, 0.4) is 0 Å². The number of hydrogen-bond acceptors (Lipinski definition) is 8. The van der Waals surface area contributed by atoms with E-state index in [1.165, 1.54) is 12.1 Å². The summed E-state index contributed by atoms with van der Waals surface area (Å²) >= 11 is 5.14. The zero-order chi connectivity index (χ0) is 16.9. The Kier molecular flexibility index (Phi) is 5.09. The van der Waals surface area contributed by atoms with Gasteiger partial charge in [0.2, 0.25) is 0 Å². The molecule has 0 fully saturated rings. The number of ether oxygens (including phenoxy) is 1. The molecule has 2 aromatic carbocycles.